The molecule has 1 heterocycles. The van der Waals surface area contributed by atoms with Crippen LogP contribution in [-0.4, -0.2) is 55.2 Å². The first-order valence-corrected chi connectivity index (χ1v) is 7.25. The molecule has 0 aromatic heterocycles. The lowest BCUT2D eigenvalue weighted by molar-refractivity contribution is -0.132. The van der Waals surface area contributed by atoms with Gasteiger partial charge in [0.1, 0.15) is 0 Å². The van der Waals surface area contributed by atoms with Crippen molar-refractivity contribution in [1.82, 2.24) is 15.5 Å². The van der Waals surface area contributed by atoms with Gasteiger partial charge in [-0.1, -0.05) is 6.92 Å². The molecule has 21 heavy (non-hydrogen) atoms. The highest BCUT2D eigenvalue weighted by Crippen LogP contribution is 2.19. The van der Waals surface area contributed by atoms with Crippen LogP contribution < -0.4 is 10.6 Å². The number of amides is 1. The first-order chi connectivity index (χ1) is 9.85. The lowest BCUT2D eigenvalue weighted by atomic mass is 10.3. The van der Waals surface area contributed by atoms with E-state index in [0.717, 1.165) is 6.42 Å². The largest absolute Gasteiger partial charge is 0.390 e. The van der Waals surface area contributed by atoms with Gasteiger partial charge in [0.05, 0.1) is 13.0 Å². The molecule has 5 nitrogen and oxygen atoms in total. The average Bonchev–Trinajstić information content (AvgIpc) is 2.85. The van der Waals surface area contributed by atoms with Crippen LogP contribution in [0.1, 0.15) is 33.1 Å². The fourth-order valence-corrected chi connectivity index (χ4v) is 2.14. The molecule has 1 fully saturated rings. The fraction of sp³-hybridized carbons (Fsp3) is 0.846. The van der Waals surface area contributed by atoms with E-state index in [2.05, 4.69) is 15.6 Å². The van der Waals surface area contributed by atoms with E-state index < -0.39 is 12.6 Å². The van der Waals surface area contributed by atoms with Crippen molar-refractivity contribution >= 4 is 11.9 Å². The van der Waals surface area contributed by atoms with Crippen molar-refractivity contribution in [2.45, 2.75) is 45.3 Å². The van der Waals surface area contributed by atoms with Crippen LogP contribution >= 0.6 is 0 Å². The number of aliphatic imine (C=N–C) groups is 1. The Balaban J connectivity index is 2.47. The van der Waals surface area contributed by atoms with Gasteiger partial charge < -0.3 is 15.5 Å². The van der Waals surface area contributed by atoms with Crippen LogP contribution in [0.15, 0.2) is 4.99 Å². The van der Waals surface area contributed by atoms with E-state index in [9.17, 15) is 18.0 Å². The van der Waals surface area contributed by atoms with Crippen molar-refractivity contribution in [2.75, 3.05) is 26.2 Å². The molecule has 0 aromatic carbocycles. The average molecular weight is 308 g/mol. The number of likely N-dealkylation sites (tertiary alicyclic amines) is 1. The van der Waals surface area contributed by atoms with E-state index in [1.54, 1.807) is 4.90 Å². The molecule has 0 spiro atoms. The van der Waals surface area contributed by atoms with Gasteiger partial charge in [0, 0.05) is 32.1 Å². The molecule has 1 aliphatic rings. The van der Waals surface area contributed by atoms with E-state index in [1.807, 2.05) is 13.8 Å². The van der Waals surface area contributed by atoms with Gasteiger partial charge in [-0.2, -0.15) is 13.2 Å². The summed E-state index contributed by atoms with van der Waals surface area (Å²) in [4.78, 5) is 17.3. The number of carbonyl (C=O) groups is 1. The summed E-state index contributed by atoms with van der Waals surface area (Å²) in [5, 5.41) is 6.01. The topological polar surface area (TPSA) is 56.7 Å². The maximum absolute atomic E-state index is 12.1. The van der Waals surface area contributed by atoms with E-state index in [4.69, 9.17) is 0 Å². The summed E-state index contributed by atoms with van der Waals surface area (Å²) in [7, 11) is 0. The summed E-state index contributed by atoms with van der Waals surface area (Å²) in [6.07, 6.45) is -3.89. The second-order valence-electron chi connectivity index (χ2n) is 4.95. The maximum Gasteiger partial charge on any atom is 0.390 e. The van der Waals surface area contributed by atoms with Gasteiger partial charge in [-0.15, -0.1) is 0 Å². The zero-order chi connectivity index (χ0) is 15.9. The molecule has 0 aliphatic carbocycles. The minimum atomic E-state index is -4.20. The summed E-state index contributed by atoms with van der Waals surface area (Å²) in [6.45, 7) is 5.17. The summed E-state index contributed by atoms with van der Waals surface area (Å²) in [6, 6.07) is 0.0317. The summed E-state index contributed by atoms with van der Waals surface area (Å²) >= 11 is 0. The third-order valence-corrected chi connectivity index (χ3v) is 3.19. The van der Waals surface area contributed by atoms with E-state index in [0.29, 0.717) is 32.0 Å². The maximum atomic E-state index is 12.1. The third-order valence-electron chi connectivity index (χ3n) is 3.19. The van der Waals surface area contributed by atoms with Gasteiger partial charge in [-0.05, 0) is 13.3 Å². The molecule has 1 aliphatic heterocycles. The lowest BCUT2D eigenvalue weighted by Crippen LogP contribution is -2.45. The normalized spacial score (nSPS) is 19.8. The number of guanidine groups is 1. The van der Waals surface area contributed by atoms with Crippen LogP contribution in [0.2, 0.25) is 0 Å². The van der Waals surface area contributed by atoms with Gasteiger partial charge >= 0.3 is 6.18 Å². The van der Waals surface area contributed by atoms with Gasteiger partial charge in [-0.3, -0.25) is 9.79 Å². The molecular weight excluding hydrogens is 285 g/mol. The molecule has 2 N–H and O–H groups in total. The molecule has 0 aromatic rings. The quantitative estimate of drug-likeness (QED) is 0.598. The highest BCUT2D eigenvalue weighted by Gasteiger charge is 2.27. The Morgan fingerprint density at radius 3 is 2.67 bits per heavy atom. The minimum Gasteiger partial charge on any atom is -0.357 e. The predicted molar refractivity (Wildman–Crippen MR) is 75.1 cm³/mol. The first kappa shape index (κ1) is 17.6. The van der Waals surface area contributed by atoms with Crippen LogP contribution in [0.25, 0.3) is 0 Å². The molecule has 1 saturated heterocycles. The number of hydrogen-bond donors (Lipinski definition) is 2. The Morgan fingerprint density at radius 1 is 1.38 bits per heavy atom. The van der Waals surface area contributed by atoms with Crippen molar-refractivity contribution in [2.24, 2.45) is 4.99 Å². The molecule has 1 rings (SSSR count). The van der Waals surface area contributed by atoms with Crippen LogP contribution in [-0.2, 0) is 4.79 Å². The van der Waals surface area contributed by atoms with Gasteiger partial charge in [0.15, 0.2) is 5.96 Å². The molecule has 8 heteroatoms. The monoisotopic (exact) mass is 308 g/mol. The Kier molecular flexibility index (Phi) is 6.77. The molecule has 1 atom stereocenters. The lowest BCUT2D eigenvalue weighted by Gasteiger charge is -2.18. The van der Waals surface area contributed by atoms with Crippen molar-refractivity contribution in [3.05, 3.63) is 0 Å². The highest BCUT2D eigenvalue weighted by molar-refractivity contribution is 5.80. The van der Waals surface area contributed by atoms with Gasteiger partial charge in [0.2, 0.25) is 5.91 Å². The molecule has 1 unspecified atom stereocenters. The number of hydrogen-bond acceptors (Lipinski definition) is 2. The number of halogens is 3. The number of alkyl halides is 3. The van der Waals surface area contributed by atoms with E-state index in [1.165, 1.54) is 0 Å². The zero-order valence-electron chi connectivity index (χ0n) is 12.5. The molecule has 0 radical (unpaired) electrons. The van der Waals surface area contributed by atoms with Crippen molar-refractivity contribution in [1.29, 1.82) is 0 Å². The Bertz CT molecular complexity index is 371. The zero-order valence-corrected chi connectivity index (χ0v) is 12.5. The molecule has 122 valence electrons. The van der Waals surface area contributed by atoms with Crippen LogP contribution in [0.5, 0.6) is 0 Å². The second-order valence-corrected chi connectivity index (χ2v) is 4.95. The summed E-state index contributed by atoms with van der Waals surface area (Å²) < 4.78 is 36.4. The van der Waals surface area contributed by atoms with Crippen LogP contribution in [0.4, 0.5) is 13.2 Å². The van der Waals surface area contributed by atoms with Crippen molar-refractivity contribution in [3.8, 4) is 0 Å². The Labute approximate surface area is 123 Å². The number of rotatable bonds is 5. The Morgan fingerprint density at radius 2 is 2.10 bits per heavy atom. The molecule has 0 bridgehead atoms. The minimum absolute atomic E-state index is 0.0317. The highest BCUT2D eigenvalue weighted by atomic mass is 19.4. The number of nitrogens with zero attached hydrogens (tertiary/aromatic N) is 2. The molecule has 1 amide bonds. The number of carbonyl (C=O) groups excluding carboxylic acids is 1. The van der Waals surface area contributed by atoms with Gasteiger partial charge in [-0.25, -0.2) is 0 Å². The van der Waals surface area contributed by atoms with Crippen LogP contribution in [0.3, 0.4) is 0 Å². The van der Waals surface area contributed by atoms with Crippen LogP contribution in [0, 0.1) is 0 Å². The third kappa shape index (κ3) is 6.68. The first-order valence-electron chi connectivity index (χ1n) is 7.25. The fourth-order valence-electron chi connectivity index (χ4n) is 2.14. The standard InChI is InChI=1S/C13H23F3N4O/c1-3-11(21)20-8-5-10(9-20)19-12(17-4-2)18-7-6-13(14,15)16/h10H,3-9H2,1-2H3,(H2,17,18,19). The second kappa shape index (κ2) is 8.09. The predicted octanol–water partition coefficient (Wildman–Crippen LogP) is 1.50. The van der Waals surface area contributed by atoms with Crippen molar-refractivity contribution in [3.63, 3.8) is 0 Å². The number of nitrogens with one attached hydrogen (secondary N) is 2. The Hall–Kier alpha value is -1.47. The molecular formula is C13H23F3N4O. The van der Waals surface area contributed by atoms with Crippen molar-refractivity contribution < 1.29 is 18.0 Å². The van der Waals surface area contributed by atoms with Gasteiger partial charge in [0.25, 0.3) is 0 Å². The smallest absolute Gasteiger partial charge is 0.357 e. The SMILES string of the molecule is CCNC(=NCCC(F)(F)F)NC1CCN(C(=O)CC)C1. The molecule has 0 saturated carbocycles. The van der Waals surface area contributed by atoms with E-state index >= 15 is 0 Å². The van der Waals surface area contributed by atoms with E-state index in [-0.39, 0.29) is 18.5 Å². The summed E-state index contributed by atoms with van der Waals surface area (Å²) in [5.74, 6) is 0.468. The summed E-state index contributed by atoms with van der Waals surface area (Å²) in [5.41, 5.74) is 0.